The topological polar surface area (TPSA) is 118 Å². The van der Waals surface area contributed by atoms with Crippen molar-refractivity contribution >= 4 is 11.7 Å². The van der Waals surface area contributed by atoms with Gasteiger partial charge < -0.3 is 13.9 Å². The van der Waals surface area contributed by atoms with Gasteiger partial charge in [0.25, 0.3) is 11.6 Å². The summed E-state index contributed by atoms with van der Waals surface area (Å²) in [5.41, 5.74) is 1.43. The first-order valence-electron chi connectivity index (χ1n) is 9.46. The molecule has 0 N–H and O–H groups in total. The number of carbonyl (C=O) groups is 1. The lowest BCUT2D eigenvalue weighted by Crippen LogP contribution is -2.10. The second-order valence-electron chi connectivity index (χ2n) is 6.42. The fraction of sp³-hybridized carbons (Fsp3) is 0.286. The Hall–Kier alpha value is -3.75. The zero-order valence-electron chi connectivity index (χ0n) is 16.6. The van der Waals surface area contributed by atoms with E-state index in [-0.39, 0.29) is 23.9 Å². The number of nitro benzene ring substituents is 1. The van der Waals surface area contributed by atoms with Crippen LogP contribution in [0.3, 0.4) is 0 Å². The van der Waals surface area contributed by atoms with Crippen LogP contribution in [0, 0.1) is 10.1 Å². The van der Waals surface area contributed by atoms with Crippen molar-refractivity contribution in [2.24, 2.45) is 0 Å². The molecule has 0 saturated heterocycles. The first-order chi connectivity index (χ1) is 14.5. The summed E-state index contributed by atoms with van der Waals surface area (Å²) in [6, 6.07) is 13.3. The van der Waals surface area contributed by atoms with Crippen molar-refractivity contribution in [2.45, 2.75) is 32.8 Å². The van der Waals surface area contributed by atoms with Gasteiger partial charge in [0.2, 0.25) is 5.89 Å². The molecule has 0 spiro atoms. The highest BCUT2D eigenvalue weighted by Gasteiger charge is 2.19. The molecule has 0 bridgehead atoms. The maximum atomic E-state index is 12.2. The van der Waals surface area contributed by atoms with Crippen LogP contribution in [-0.4, -0.2) is 27.7 Å². The number of hydrogen-bond donors (Lipinski definition) is 0. The van der Waals surface area contributed by atoms with E-state index in [9.17, 15) is 14.9 Å². The summed E-state index contributed by atoms with van der Waals surface area (Å²) < 4.78 is 16.5. The van der Waals surface area contributed by atoms with Gasteiger partial charge >= 0.3 is 5.97 Å². The Morgan fingerprint density at radius 1 is 1.17 bits per heavy atom. The van der Waals surface area contributed by atoms with Crippen molar-refractivity contribution in [2.75, 3.05) is 6.61 Å². The lowest BCUT2D eigenvalue weighted by molar-refractivity contribution is -0.384. The minimum absolute atomic E-state index is 0.0355. The van der Waals surface area contributed by atoms with Crippen LogP contribution in [0.1, 0.15) is 37.8 Å². The van der Waals surface area contributed by atoms with Crippen LogP contribution in [0.25, 0.3) is 11.5 Å². The molecule has 0 aliphatic heterocycles. The highest BCUT2D eigenvalue weighted by atomic mass is 16.6. The molecule has 0 amide bonds. The number of nitro groups is 1. The minimum atomic E-state index is -0.723. The highest BCUT2D eigenvalue weighted by molar-refractivity contribution is 5.70. The second-order valence-corrected chi connectivity index (χ2v) is 6.42. The van der Waals surface area contributed by atoms with E-state index in [1.54, 1.807) is 6.92 Å². The average Bonchev–Trinajstić information content (AvgIpc) is 3.24. The molecule has 2 aromatic carbocycles. The number of benzene rings is 2. The van der Waals surface area contributed by atoms with Gasteiger partial charge in [0, 0.05) is 24.1 Å². The van der Waals surface area contributed by atoms with Crippen molar-refractivity contribution in [1.82, 2.24) is 10.2 Å². The maximum Gasteiger partial charge on any atom is 0.306 e. The third kappa shape index (κ3) is 5.19. The number of aromatic nitrogens is 2. The molecular weight excluding hydrogens is 390 g/mol. The molecule has 3 rings (SSSR count). The minimum Gasteiger partial charge on any atom is -0.494 e. The Labute approximate surface area is 172 Å². The van der Waals surface area contributed by atoms with Crippen LogP contribution >= 0.6 is 0 Å². The molecule has 0 aliphatic carbocycles. The lowest BCUT2D eigenvalue weighted by Gasteiger charge is -2.11. The summed E-state index contributed by atoms with van der Waals surface area (Å²) in [6.07, 6.45) is -0.0591. The molecule has 0 radical (unpaired) electrons. The van der Waals surface area contributed by atoms with Crippen LogP contribution in [0.4, 0.5) is 5.69 Å². The summed E-state index contributed by atoms with van der Waals surface area (Å²) in [5, 5.41) is 18.6. The van der Waals surface area contributed by atoms with Gasteiger partial charge in [0.05, 0.1) is 11.5 Å². The number of non-ortho nitro benzene ring substituents is 1. The van der Waals surface area contributed by atoms with E-state index in [0.717, 1.165) is 11.3 Å². The number of carbonyl (C=O) groups excluding carboxylic acids is 1. The predicted molar refractivity (Wildman–Crippen MR) is 107 cm³/mol. The Kier molecular flexibility index (Phi) is 6.74. The van der Waals surface area contributed by atoms with Gasteiger partial charge in [-0.3, -0.25) is 14.9 Å². The van der Waals surface area contributed by atoms with E-state index >= 15 is 0 Å². The van der Waals surface area contributed by atoms with Crippen molar-refractivity contribution in [3.63, 3.8) is 0 Å². The molecule has 0 fully saturated rings. The Morgan fingerprint density at radius 2 is 1.90 bits per heavy atom. The third-order valence-corrected chi connectivity index (χ3v) is 4.29. The van der Waals surface area contributed by atoms with Gasteiger partial charge in [-0.2, -0.15) is 0 Å². The number of aryl methyl sites for hydroxylation is 1. The molecule has 1 unspecified atom stereocenters. The number of rotatable bonds is 9. The average molecular weight is 411 g/mol. The van der Waals surface area contributed by atoms with Crippen molar-refractivity contribution in [1.29, 1.82) is 0 Å². The molecular formula is C21H21N3O6. The molecule has 0 saturated carbocycles. The summed E-state index contributed by atoms with van der Waals surface area (Å²) in [5.74, 6) is 0.689. The molecule has 3 aromatic rings. The zero-order chi connectivity index (χ0) is 21.5. The first-order valence-corrected chi connectivity index (χ1v) is 9.46. The van der Waals surface area contributed by atoms with Gasteiger partial charge in [-0.25, -0.2) is 0 Å². The van der Waals surface area contributed by atoms with Crippen molar-refractivity contribution in [3.05, 3.63) is 70.1 Å². The fourth-order valence-corrected chi connectivity index (χ4v) is 2.79. The maximum absolute atomic E-state index is 12.2. The lowest BCUT2D eigenvalue weighted by atomic mass is 10.1. The van der Waals surface area contributed by atoms with E-state index in [4.69, 9.17) is 13.9 Å². The molecule has 9 heteroatoms. The van der Waals surface area contributed by atoms with E-state index in [1.165, 1.54) is 24.3 Å². The molecule has 9 nitrogen and oxygen atoms in total. The number of ether oxygens (including phenoxy) is 2. The standard InChI is InChI=1S/C21H21N3O6/c1-3-28-18-7-5-4-6-15(18)10-13-19(25)29-14(2)20-22-23-21(30-20)16-8-11-17(12-9-16)24(26)27/h4-9,11-12,14H,3,10,13H2,1-2H3. The number of nitrogens with zero attached hydrogens (tertiary/aromatic N) is 3. The summed E-state index contributed by atoms with van der Waals surface area (Å²) in [7, 11) is 0. The van der Waals surface area contributed by atoms with Crippen LogP contribution in [0.15, 0.2) is 52.9 Å². The van der Waals surface area contributed by atoms with Gasteiger partial charge in [-0.1, -0.05) is 18.2 Å². The van der Waals surface area contributed by atoms with Gasteiger partial charge in [0.1, 0.15) is 5.75 Å². The quantitative estimate of drug-likeness (QED) is 0.291. The number of para-hydroxylation sites is 1. The van der Waals surface area contributed by atoms with Crippen LogP contribution in [0.2, 0.25) is 0 Å². The second kappa shape index (κ2) is 9.64. The third-order valence-electron chi connectivity index (χ3n) is 4.29. The van der Waals surface area contributed by atoms with Crippen molar-refractivity contribution < 1.29 is 23.6 Å². The molecule has 1 aromatic heterocycles. The first kappa shape index (κ1) is 21.0. The van der Waals surface area contributed by atoms with Crippen LogP contribution < -0.4 is 4.74 Å². The summed E-state index contributed by atoms with van der Waals surface area (Å²) in [4.78, 5) is 22.5. The van der Waals surface area contributed by atoms with Gasteiger partial charge in [-0.15, -0.1) is 10.2 Å². The smallest absolute Gasteiger partial charge is 0.306 e. The van der Waals surface area contributed by atoms with Crippen LogP contribution in [0.5, 0.6) is 5.75 Å². The highest BCUT2D eigenvalue weighted by Crippen LogP contribution is 2.25. The zero-order valence-corrected chi connectivity index (χ0v) is 16.6. The fourth-order valence-electron chi connectivity index (χ4n) is 2.79. The normalized spacial score (nSPS) is 11.7. The molecule has 30 heavy (non-hydrogen) atoms. The van der Waals surface area contributed by atoms with E-state index in [0.29, 0.717) is 18.6 Å². The molecule has 156 valence electrons. The number of hydrogen-bond acceptors (Lipinski definition) is 8. The van der Waals surface area contributed by atoms with E-state index in [1.807, 2.05) is 31.2 Å². The van der Waals surface area contributed by atoms with E-state index in [2.05, 4.69) is 10.2 Å². The Balaban J connectivity index is 1.58. The van der Waals surface area contributed by atoms with Crippen LogP contribution in [-0.2, 0) is 16.0 Å². The van der Waals surface area contributed by atoms with Crippen molar-refractivity contribution in [3.8, 4) is 17.2 Å². The van der Waals surface area contributed by atoms with Gasteiger partial charge in [-0.05, 0) is 44.0 Å². The number of esters is 1. The van der Waals surface area contributed by atoms with E-state index < -0.39 is 17.0 Å². The Bertz CT molecular complexity index is 1020. The molecule has 0 aliphatic rings. The monoisotopic (exact) mass is 411 g/mol. The SMILES string of the molecule is CCOc1ccccc1CCC(=O)OC(C)c1nnc(-c2ccc([N+](=O)[O-])cc2)o1. The van der Waals surface area contributed by atoms with Gasteiger partial charge in [0.15, 0.2) is 6.10 Å². The summed E-state index contributed by atoms with van der Waals surface area (Å²) in [6.45, 7) is 4.09. The molecule has 1 heterocycles. The Morgan fingerprint density at radius 3 is 2.60 bits per heavy atom. The predicted octanol–water partition coefficient (Wildman–Crippen LogP) is 4.28. The largest absolute Gasteiger partial charge is 0.494 e. The summed E-state index contributed by atoms with van der Waals surface area (Å²) >= 11 is 0. The molecule has 1 atom stereocenters.